The van der Waals surface area contributed by atoms with Gasteiger partial charge in [-0.2, -0.15) is 0 Å². The van der Waals surface area contributed by atoms with Crippen LogP contribution < -0.4 is 5.32 Å². The Kier molecular flexibility index (Phi) is 5.43. The number of nitrogens with one attached hydrogen (secondary N) is 1. The molecule has 4 rings (SSSR count). The number of anilines is 1. The normalized spacial score (nSPS) is 24.5. The molecule has 0 radical (unpaired) electrons. The summed E-state index contributed by atoms with van der Waals surface area (Å²) in [5.41, 5.74) is -0.0670. The minimum absolute atomic E-state index is 0.0562. The lowest BCUT2D eigenvalue weighted by atomic mass is 10.0. The number of hydrogen-bond acceptors (Lipinski definition) is 4. The molecular formula is C23H24ClFN2O4. The molecule has 1 aliphatic carbocycles. The number of benzene rings is 2. The molecule has 6 nitrogen and oxygen atoms in total. The summed E-state index contributed by atoms with van der Waals surface area (Å²) in [6.45, 7) is 5.19. The highest BCUT2D eigenvalue weighted by atomic mass is 35.5. The van der Waals surface area contributed by atoms with Gasteiger partial charge in [0.25, 0.3) is 0 Å². The zero-order valence-corrected chi connectivity index (χ0v) is 18.2. The van der Waals surface area contributed by atoms with Gasteiger partial charge in [0.2, 0.25) is 5.91 Å². The van der Waals surface area contributed by atoms with Gasteiger partial charge in [0.15, 0.2) is 5.82 Å². The fourth-order valence-electron chi connectivity index (χ4n) is 4.06. The fourth-order valence-corrected chi connectivity index (χ4v) is 4.30. The fraction of sp³-hybridized carbons (Fsp3) is 0.391. The van der Waals surface area contributed by atoms with Crippen molar-refractivity contribution >= 4 is 29.3 Å². The summed E-state index contributed by atoms with van der Waals surface area (Å²) in [4.78, 5) is 27.0. The number of amides is 2. The van der Waals surface area contributed by atoms with Crippen LogP contribution >= 0.6 is 11.6 Å². The smallest absolute Gasteiger partial charge is 0.411 e. The monoisotopic (exact) mass is 446 g/mol. The largest absolute Gasteiger partial charge is 0.444 e. The minimum atomic E-state index is -1.15. The number of halogens is 2. The number of rotatable bonds is 3. The van der Waals surface area contributed by atoms with Crippen molar-refractivity contribution in [3.8, 4) is 11.1 Å². The molecule has 1 saturated heterocycles. The quantitative estimate of drug-likeness (QED) is 0.730. The van der Waals surface area contributed by atoms with Crippen LogP contribution in [0.4, 0.5) is 14.9 Å². The number of carbonyl (C=O) groups is 2. The molecule has 0 bridgehead atoms. The summed E-state index contributed by atoms with van der Waals surface area (Å²) < 4.78 is 20.6. The third kappa shape index (κ3) is 4.12. The van der Waals surface area contributed by atoms with Crippen molar-refractivity contribution in [3.63, 3.8) is 0 Å². The van der Waals surface area contributed by atoms with Crippen LogP contribution in [0, 0.1) is 11.7 Å². The Balaban J connectivity index is 1.59. The first-order valence-corrected chi connectivity index (χ1v) is 10.5. The number of likely N-dealkylation sites (tertiary alicyclic amines) is 1. The summed E-state index contributed by atoms with van der Waals surface area (Å²) >= 11 is 6.19. The molecule has 2 aromatic rings. The van der Waals surface area contributed by atoms with Gasteiger partial charge in [-0.1, -0.05) is 41.9 Å². The molecule has 1 unspecified atom stereocenters. The van der Waals surface area contributed by atoms with Gasteiger partial charge in [0.1, 0.15) is 11.6 Å². The molecule has 0 aromatic heterocycles. The van der Waals surface area contributed by atoms with Crippen molar-refractivity contribution in [2.45, 2.75) is 51.0 Å². The number of carbonyl (C=O) groups excluding carboxylic acids is 2. The number of nitrogens with zero attached hydrogens (tertiary/aromatic N) is 1. The number of aliphatic hydroxyl groups excluding tert-OH is 1. The van der Waals surface area contributed by atoms with E-state index in [4.69, 9.17) is 16.3 Å². The molecule has 1 saturated carbocycles. The van der Waals surface area contributed by atoms with Gasteiger partial charge in [0.05, 0.1) is 11.8 Å². The first-order valence-electron chi connectivity index (χ1n) is 10.1. The maximum Gasteiger partial charge on any atom is 0.411 e. The van der Waals surface area contributed by atoms with Gasteiger partial charge in [-0.05, 0) is 39.3 Å². The highest BCUT2D eigenvalue weighted by Crippen LogP contribution is 2.48. The molecule has 1 aliphatic heterocycles. The second kappa shape index (κ2) is 7.80. The summed E-state index contributed by atoms with van der Waals surface area (Å²) in [5, 5.41) is 13.5. The highest BCUT2D eigenvalue weighted by molar-refractivity contribution is 6.33. The van der Waals surface area contributed by atoms with E-state index in [9.17, 15) is 14.7 Å². The van der Waals surface area contributed by atoms with E-state index in [1.807, 2.05) is 0 Å². The van der Waals surface area contributed by atoms with E-state index < -0.39 is 35.6 Å². The van der Waals surface area contributed by atoms with Crippen molar-refractivity contribution in [2.24, 2.45) is 5.92 Å². The third-order valence-corrected chi connectivity index (χ3v) is 5.85. The molecule has 0 spiro atoms. The number of aliphatic hydroxyl groups is 1. The zero-order chi connectivity index (χ0) is 22.5. The second-order valence-corrected chi connectivity index (χ2v) is 9.33. The number of hydrogen-bond donors (Lipinski definition) is 2. The van der Waals surface area contributed by atoms with E-state index in [1.54, 1.807) is 57.2 Å². The Morgan fingerprint density at radius 1 is 1.16 bits per heavy atom. The average molecular weight is 447 g/mol. The van der Waals surface area contributed by atoms with Gasteiger partial charge in [-0.3, -0.25) is 9.69 Å². The molecule has 4 atom stereocenters. The van der Waals surface area contributed by atoms with Crippen LogP contribution in [0.25, 0.3) is 11.1 Å². The molecule has 2 fully saturated rings. The summed E-state index contributed by atoms with van der Waals surface area (Å²) in [6.07, 6.45) is -1.09. The van der Waals surface area contributed by atoms with E-state index in [2.05, 4.69) is 5.32 Å². The summed E-state index contributed by atoms with van der Waals surface area (Å²) in [5.74, 6) is -1.49. The number of piperidine rings is 1. The minimum Gasteiger partial charge on any atom is -0.444 e. The Bertz CT molecular complexity index is 1040. The number of fused-ring (bicyclic) bond motifs is 1. The van der Waals surface area contributed by atoms with Crippen molar-refractivity contribution in [1.82, 2.24) is 4.90 Å². The van der Waals surface area contributed by atoms with Crippen LogP contribution in [-0.4, -0.2) is 45.8 Å². The Labute approximate surface area is 185 Å². The first kappa shape index (κ1) is 21.6. The predicted molar refractivity (Wildman–Crippen MR) is 115 cm³/mol. The van der Waals surface area contributed by atoms with Crippen LogP contribution in [0.15, 0.2) is 42.5 Å². The maximum absolute atomic E-state index is 15.2. The number of ether oxygens (including phenoxy) is 1. The highest BCUT2D eigenvalue weighted by Gasteiger charge is 2.63. The van der Waals surface area contributed by atoms with E-state index >= 15 is 4.39 Å². The molecule has 1 heterocycles. The SMILES string of the molecule is CC(C)(C)OC(=O)N1C2C[C@H]2[C@@H](O)[C@H]1C(=O)Nc1cccc(-c2ccccc2Cl)c1F. The molecule has 8 heteroatoms. The van der Waals surface area contributed by atoms with E-state index in [0.29, 0.717) is 17.0 Å². The van der Waals surface area contributed by atoms with E-state index in [1.165, 1.54) is 11.0 Å². The first-order chi connectivity index (χ1) is 14.6. The molecule has 2 aliphatic rings. The molecule has 164 valence electrons. The van der Waals surface area contributed by atoms with Crippen molar-refractivity contribution < 1.29 is 23.8 Å². The van der Waals surface area contributed by atoms with Crippen molar-refractivity contribution in [2.75, 3.05) is 5.32 Å². The van der Waals surface area contributed by atoms with Crippen LogP contribution in [0.1, 0.15) is 27.2 Å². The Hall–Kier alpha value is -2.64. The molecular weight excluding hydrogens is 423 g/mol. The lowest BCUT2D eigenvalue weighted by Crippen LogP contribution is -2.51. The van der Waals surface area contributed by atoms with Gasteiger partial charge in [0, 0.05) is 28.1 Å². The zero-order valence-electron chi connectivity index (χ0n) is 17.4. The molecule has 2 aromatic carbocycles. The summed E-state index contributed by atoms with van der Waals surface area (Å²) in [7, 11) is 0. The van der Waals surface area contributed by atoms with Crippen LogP contribution in [0.2, 0.25) is 5.02 Å². The van der Waals surface area contributed by atoms with Crippen molar-refractivity contribution in [1.29, 1.82) is 0 Å². The summed E-state index contributed by atoms with van der Waals surface area (Å²) in [6, 6.07) is 10.0. The van der Waals surface area contributed by atoms with E-state index in [-0.39, 0.29) is 23.2 Å². The van der Waals surface area contributed by atoms with E-state index in [0.717, 1.165) is 0 Å². The van der Waals surface area contributed by atoms with Crippen molar-refractivity contribution in [3.05, 3.63) is 53.3 Å². The van der Waals surface area contributed by atoms with Gasteiger partial charge < -0.3 is 15.2 Å². The average Bonchev–Trinajstić information content (AvgIpc) is 3.41. The van der Waals surface area contributed by atoms with Crippen LogP contribution in [-0.2, 0) is 9.53 Å². The Morgan fingerprint density at radius 2 is 1.84 bits per heavy atom. The Morgan fingerprint density at radius 3 is 2.52 bits per heavy atom. The lowest BCUT2D eigenvalue weighted by Gasteiger charge is -2.31. The lowest BCUT2D eigenvalue weighted by molar-refractivity contribution is -0.123. The third-order valence-electron chi connectivity index (χ3n) is 5.52. The van der Waals surface area contributed by atoms with Gasteiger partial charge in [-0.25, -0.2) is 9.18 Å². The molecule has 2 N–H and O–H groups in total. The van der Waals surface area contributed by atoms with Crippen LogP contribution in [0.3, 0.4) is 0 Å². The van der Waals surface area contributed by atoms with Gasteiger partial charge in [-0.15, -0.1) is 0 Å². The van der Waals surface area contributed by atoms with Crippen LogP contribution in [0.5, 0.6) is 0 Å². The maximum atomic E-state index is 15.2. The molecule has 2 amide bonds. The van der Waals surface area contributed by atoms with Gasteiger partial charge >= 0.3 is 6.09 Å². The predicted octanol–water partition coefficient (Wildman–Crippen LogP) is 4.45. The molecule has 31 heavy (non-hydrogen) atoms. The topological polar surface area (TPSA) is 78.9 Å². The second-order valence-electron chi connectivity index (χ2n) is 8.93. The standard InChI is InChI=1S/C23H24ClFN2O4/c1-23(2,3)31-22(30)27-17-11-14(17)20(28)19(27)21(29)26-16-10-6-8-13(18(16)25)12-7-4-5-9-15(12)24/h4-10,14,17,19-20,28H,11H2,1-3H3,(H,26,29)/t14-,17?,19+,20-/m1/s1.